The monoisotopic (exact) mass is 301 g/mol. The Hall–Kier alpha value is -2.30. The number of aldehydes is 1. The second kappa shape index (κ2) is 6.22. The Morgan fingerprint density at radius 1 is 1.32 bits per heavy atom. The Morgan fingerprint density at radius 3 is 2.77 bits per heavy atom. The number of hydrogen-bond donors (Lipinski definition) is 1. The minimum absolute atomic E-state index is 0.210. The second-order valence-corrected chi connectivity index (χ2v) is 5.64. The van der Waals surface area contributed by atoms with Crippen molar-refractivity contribution in [3.63, 3.8) is 0 Å². The predicted molar refractivity (Wildman–Crippen MR) is 82.5 cm³/mol. The van der Waals surface area contributed by atoms with Crippen molar-refractivity contribution in [3.8, 4) is 5.75 Å². The van der Waals surface area contributed by atoms with Crippen LogP contribution in [0.2, 0.25) is 0 Å². The lowest BCUT2D eigenvalue weighted by molar-refractivity contribution is 0.0901. The number of carbonyl (C=O) groups is 2. The molecular formula is C17H19NO4. The van der Waals surface area contributed by atoms with E-state index in [0.29, 0.717) is 22.3 Å². The zero-order valence-electron chi connectivity index (χ0n) is 12.6. The van der Waals surface area contributed by atoms with Gasteiger partial charge in [0, 0.05) is 17.0 Å². The summed E-state index contributed by atoms with van der Waals surface area (Å²) >= 11 is 0. The van der Waals surface area contributed by atoms with Crippen LogP contribution in [0, 0.1) is 0 Å². The summed E-state index contributed by atoms with van der Waals surface area (Å²) in [5.74, 6) is 0.493. The number of ether oxygens (including phenoxy) is 1. The smallest absolute Gasteiger partial charge is 0.287 e. The van der Waals surface area contributed by atoms with Crippen LogP contribution in [-0.2, 0) is 0 Å². The van der Waals surface area contributed by atoms with Crippen LogP contribution < -0.4 is 10.1 Å². The van der Waals surface area contributed by atoms with Gasteiger partial charge in [-0.3, -0.25) is 9.59 Å². The highest BCUT2D eigenvalue weighted by Gasteiger charge is 2.21. The van der Waals surface area contributed by atoms with Crippen molar-refractivity contribution in [2.24, 2.45) is 0 Å². The molecule has 2 aromatic rings. The Balaban J connectivity index is 1.90. The summed E-state index contributed by atoms with van der Waals surface area (Å²) in [5.41, 5.74) is 0.914. The third kappa shape index (κ3) is 2.71. The van der Waals surface area contributed by atoms with E-state index in [1.807, 2.05) is 0 Å². The summed E-state index contributed by atoms with van der Waals surface area (Å²) in [6.07, 6.45) is 6.29. The first-order chi connectivity index (χ1) is 10.7. The molecule has 1 aliphatic rings. The molecule has 1 N–H and O–H groups in total. The molecule has 1 aliphatic carbocycles. The molecule has 0 saturated heterocycles. The van der Waals surface area contributed by atoms with Gasteiger partial charge in [0.2, 0.25) is 0 Å². The molecule has 5 nitrogen and oxygen atoms in total. The molecule has 116 valence electrons. The third-order valence-corrected chi connectivity index (χ3v) is 4.19. The number of nitrogens with one attached hydrogen (secondary N) is 1. The van der Waals surface area contributed by atoms with Crippen molar-refractivity contribution < 1.29 is 18.7 Å². The van der Waals surface area contributed by atoms with Gasteiger partial charge in [0.1, 0.15) is 0 Å². The number of fused-ring (bicyclic) bond motifs is 1. The standard InChI is InChI=1S/C17H19NO4/c1-21-14-8-7-11(10-19)13-9-15(22-16(13)14)17(20)18-12-5-3-2-4-6-12/h7-10,12H,2-6H2,1H3,(H,18,20). The lowest BCUT2D eigenvalue weighted by Gasteiger charge is -2.22. The van der Waals surface area contributed by atoms with Crippen LogP contribution in [0.3, 0.4) is 0 Å². The van der Waals surface area contributed by atoms with E-state index in [0.717, 1.165) is 32.0 Å². The number of furan rings is 1. The van der Waals surface area contributed by atoms with Crippen molar-refractivity contribution in [3.05, 3.63) is 29.5 Å². The summed E-state index contributed by atoms with van der Waals surface area (Å²) in [6.45, 7) is 0. The molecule has 0 atom stereocenters. The first-order valence-corrected chi connectivity index (χ1v) is 7.59. The number of carbonyl (C=O) groups excluding carboxylic acids is 2. The number of methoxy groups -OCH3 is 1. The average Bonchev–Trinajstić information content (AvgIpc) is 3.00. The van der Waals surface area contributed by atoms with Gasteiger partial charge in [0.15, 0.2) is 23.4 Å². The molecular weight excluding hydrogens is 282 g/mol. The molecule has 1 saturated carbocycles. The minimum atomic E-state index is -0.234. The van der Waals surface area contributed by atoms with E-state index in [1.54, 1.807) is 18.2 Å². The van der Waals surface area contributed by atoms with Crippen molar-refractivity contribution in [2.45, 2.75) is 38.1 Å². The van der Waals surface area contributed by atoms with Crippen LogP contribution >= 0.6 is 0 Å². The van der Waals surface area contributed by atoms with Crippen LogP contribution in [0.25, 0.3) is 11.0 Å². The van der Waals surface area contributed by atoms with Gasteiger partial charge >= 0.3 is 0 Å². The Labute approximate surface area is 128 Å². The van der Waals surface area contributed by atoms with Gasteiger partial charge in [-0.25, -0.2) is 0 Å². The molecule has 0 bridgehead atoms. The number of benzene rings is 1. The molecule has 0 aliphatic heterocycles. The van der Waals surface area contributed by atoms with E-state index in [9.17, 15) is 9.59 Å². The maximum atomic E-state index is 12.3. The molecule has 22 heavy (non-hydrogen) atoms. The van der Waals surface area contributed by atoms with Crippen molar-refractivity contribution >= 4 is 23.2 Å². The van der Waals surface area contributed by atoms with Crippen molar-refractivity contribution in [2.75, 3.05) is 7.11 Å². The molecule has 5 heteroatoms. The lowest BCUT2D eigenvalue weighted by Crippen LogP contribution is -2.35. The molecule has 3 rings (SSSR count). The van der Waals surface area contributed by atoms with E-state index in [-0.39, 0.29) is 17.7 Å². The normalized spacial score (nSPS) is 15.7. The topological polar surface area (TPSA) is 68.5 Å². The van der Waals surface area contributed by atoms with Gasteiger partial charge in [0.25, 0.3) is 5.91 Å². The van der Waals surface area contributed by atoms with Crippen LogP contribution in [0.5, 0.6) is 5.75 Å². The van der Waals surface area contributed by atoms with Gasteiger partial charge in [-0.05, 0) is 31.0 Å². The van der Waals surface area contributed by atoms with Gasteiger partial charge in [-0.1, -0.05) is 19.3 Å². The highest BCUT2D eigenvalue weighted by Crippen LogP contribution is 2.31. The summed E-state index contributed by atoms with van der Waals surface area (Å²) in [6, 6.07) is 5.15. The van der Waals surface area contributed by atoms with Crippen LogP contribution in [0.15, 0.2) is 22.6 Å². The van der Waals surface area contributed by atoms with Crippen LogP contribution in [-0.4, -0.2) is 25.3 Å². The minimum Gasteiger partial charge on any atom is -0.493 e. The second-order valence-electron chi connectivity index (χ2n) is 5.64. The Morgan fingerprint density at radius 2 is 2.09 bits per heavy atom. The zero-order chi connectivity index (χ0) is 15.5. The van der Waals surface area contributed by atoms with Crippen LogP contribution in [0.1, 0.15) is 53.0 Å². The van der Waals surface area contributed by atoms with Gasteiger partial charge in [-0.15, -0.1) is 0 Å². The first-order valence-electron chi connectivity index (χ1n) is 7.59. The predicted octanol–water partition coefficient (Wildman–Crippen LogP) is 3.32. The van der Waals surface area contributed by atoms with E-state index in [1.165, 1.54) is 13.5 Å². The van der Waals surface area contributed by atoms with E-state index in [2.05, 4.69) is 5.32 Å². The van der Waals surface area contributed by atoms with Crippen molar-refractivity contribution in [1.29, 1.82) is 0 Å². The molecule has 1 fully saturated rings. The fourth-order valence-electron chi connectivity index (χ4n) is 3.00. The number of hydrogen-bond acceptors (Lipinski definition) is 4. The third-order valence-electron chi connectivity index (χ3n) is 4.19. The summed E-state index contributed by atoms with van der Waals surface area (Å²) in [7, 11) is 1.53. The van der Waals surface area contributed by atoms with Crippen molar-refractivity contribution in [1.82, 2.24) is 5.32 Å². The highest BCUT2D eigenvalue weighted by atomic mass is 16.5. The summed E-state index contributed by atoms with van der Waals surface area (Å²) in [4.78, 5) is 23.5. The molecule has 0 radical (unpaired) electrons. The molecule has 0 unspecified atom stereocenters. The maximum Gasteiger partial charge on any atom is 0.287 e. The summed E-state index contributed by atoms with van der Waals surface area (Å²) in [5, 5.41) is 3.61. The maximum absolute atomic E-state index is 12.3. The van der Waals surface area contributed by atoms with Gasteiger partial charge < -0.3 is 14.5 Å². The fourth-order valence-corrected chi connectivity index (χ4v) is 3.00. The fraction of sp³-hybridized carbons (Fsp3) is 0.412. The Kier molecular flexibility index (Phi) is 4.13. The molecule has 1 heterocycles. The SMILES string of the molecule is COc1ccc(C=O)c2cc(C(=O)NC3CCCCC3)oc12. The average molecular weight is 301 g/mol. The van der Waals surface area contributed by atoms with Crippen LogP contribution in [0.4, 0.5) is 0 Å². The van der Waals surface area contributed by atoms with Gasteiger partial charge in [-0.2, -0.15) is 0 Å². The lowest BCUT2D eigenvalue weighted by atomic mass is 9.95. The largest absolute Gasteiger partial charge is 0.493 e. The number of amides is 1. The molecule has 1 aromatic heterocycles. The molecule has 1 amide bonds. The quantitative estimate of drug-likeness (QED) is 0.880. The molecule has 0 spiro atoms. The van der Waals surface area contributed by atoms with E-state index in [4.69, 9.17) is 9.15 Å². The molecule has 1 aromatic carbocycles. The number of rotatable bonds is 4. The van der Waals surface area contributed by atoms with Gasteiger partial charge in [0.05, 0.1) is 7.11 Å². The zero-order valence-corrected chi connectivity index (χ0v) is 12.6. The highest BCUT2D eigenvalue weighted by molar-refractivity contribution is 6.03. The van der Waals surface area contributed by atoms with E-state index < -0.39 is 0 Å². The summed E-state index contributed by atoms with van der Waals surface area (Å²) < 4.78 is 10.9. The Bertz CT molecular complexity index is 698. The first kappa shape index (κ1) is 14.6. The van der Waals surface area contributed by atoms with E-state index >= 15 is 0 Å².